The third-order valence-corrected chi connectivity index (χ3v) is 4.55. The van der Waals surface area contributed by atoms with Gasteiger partial charge in [0.05, 0.1) is 12.2 Å². The first-order valence-electron chi connectivity index (χ1n) is 8.80. The van der Waals surface area contributed by atoms with Crippen molar-refractivity contribution in [2.24, 2.45) is 5.73 Å². The van der Waals surface area contributed by atoms with E-state index in [0.29, 0.717) is 42.5 Å². The predicted molar refractivity (Wildman–Crippen MR) is 102 cm³/mol. The maximum absolute atomic E-state index is 13.2. The van der Waals surface area contributed by atoms with Gasteiger partial charge in [0.15, 0.2) is 0 Å². The highest BCUT2D eigenvalue weighted by Gasteiger charge is 2.34. The Morgan fingerprint density at radius 1 is 1.23 bits per heavy atom. The van der Waals surface area contributed by atoms with Crippen LogP contribution in [0.3, 0.4) is 0 Å². The number of hydrogen-bond donors (Lipinski definition) is 2. The van der Waals surface area contributed by atoms with Crippen LogP contribution in [0.2, 0.25) is 5.02 Å². The smallest absolute Gasteiger partial charge is 0.258 e. The second-order valence-corrected chi connectivity index (χ2v) is 6.90. The molecule has 1 aliphatic rings. The van der Waals surface area contributed by atoms with Crippen LogP contribution in [0.25, 0.3) is 0 Å². The quantitative estimate of drug-likeness (QED) is 0.692. The van der Waals surface area contributed by atoms with Crippen molar-refractivity contribution in [3.63, 3.8) is 0 Å². The Balaban J connectivity index is 1.81. The fourth-order valence-corrected chi connectivity index (χ4v) is 2.93. The van der Waals surface area contributed by atoms with Crippen molar-refractivity contribution in [1.82, 2.24) is 4.90 Å². The van der Waals surface area contributed by atoms with E-state index < -0.39 is 0 Å². The van der Waals surface area contributed by atoms with Crippen LogP contribution in [0.4, 0.5) is 0 Å². The number of phenols is 1. The van der Waals surface area contributed by atoms with E-state index in [2.05, 4.69) is 0 Å². The minimum atomic E-state index is -0.0695. The van der Waals surface area contributed by atoms with Crippen LogP contribution in [-0.4, -0.2) is 35.1 Å². The molecule has 1 aliphatic carbocycles. The molecule has 26 heavy (non-hydrogen) atoms. The van der Waals surface area contributed by atoms with E-state index in [0.717, 1.165) is 18.4 Å². The molecule has 138 valence electrons. The van der Waals surface area contributed by atoms with E-state index >= 15 is 0 Å². The number of carbonyl (C=O) groups is 1. The molecule has 0 aliphatic heterocycles. The van der Waals surface area contributed by atoms with Crippen molar-refractivity contribution in [2.75, 3.05) is 13.2 Å². The van der Waals surface area contributed by atoms with Gasteiger partial charge in [-0.15, -0.1) is 0 Å². The summed E-state index contributed by atoms with van der Waals surface area (Å²) in [5.41, 5.74) is 7.00. The zero-order valence-corrected chi connectivity index (χ0v) is 15.3. The molecule has 0 saturated heterocycles. The van der Waals surface area contributed by atoms with Crippen LogP contribution in [0.5, 0.6) is 11.5 Å². The molecule has 3 N–H and O–H groups in total. The minimum absolute atomic E-state index is 0.0695. The third kappa shape index (κ3) is 4.68. The van der Waals surface area contributed by atoms with Crippen LogP contribution in [0, 0.1) is 0 Å². The largest absolute Gasteiger partial charge is 0.508 e. The Hall–Kier alpha value is -2.24. The summed E-state index contributed by atoms with van der Waals surface area (Å²) in [6.45, 7) is 1.46. The zero-order valence-electron chi connectivity index (χ0n) is 14.5. The maximum Gasteiger partial charge on any atom is 0.258 e. The lowest BCUT2D eigenvalue weighted by molar-refractivity contribution is 0.0725. The summed E-state index contributed by atoms with van der Waals surface area (Å²) in [4.78, 5) is 15.1. The van der Waals surface area contributed by atoms with E-state index in [-0.39, 0.29) is 17.7 Å². The number of phenolic OH excluding ortho intramolecular Hbond substituents is 1. The van der Waals surface area contributed by atoms with E-state index in [1.807, 2.05) is 17.0 Å². The number of amides is 1. The fraction of sp³-hybridized carbons (Fsp3) is 0.350. The first kappa shape index (κ1) is 18.5. The normalized spacial score (nSPS) is 13.5. The van der Waals surface area contributed by atoms with Gasteiger partial charge in [0.25, 0.3) is 5.91 Å². The third-order valence-electron chi connectivity index (χ3n) is 4.32. The molecule has 0 radical (unpaired) electrons. The number of halogens is 1. The molecule has 0 bridgehead atoms. The molecule has 2 aromatic rings. The van der Waals surface area contributed by atoms with Crippen LogP contribution >= 0.6 is 11.6 Å². The molecule has 6 heteroatoms. The lowest BCUT2D eigenvalue weighted by Gasteiger charge is -2.24. The second kappa shape index (κ2) is 8.43. The molecule has 0 aromatic heterocycles. The standard InChI is InChI=1S/C20H23ClN2O3/c21-15-4-9-18(19(12-15)26-11-1-10-22)20(25)23(16-5-6-16)13-14-2-7-17(24)8-3-14/h2-4,7-9,12,16,24H,1,5-6,10-11,13,22H2. The number of ether oxygens (including phenoxy) is 1. The molecule has 0 heterocycles. The number of aromatic hydroxyl groups is 1. The Kier molecular flexibility index (Phi) is 6.01. The number of hydrogen-bond acceptors (Lipinski definition) is 4. The number of carbonyl (C=O) groups excluding carboxylic acids is 1. The second-order valence-electron chi connectivity index (χ2n) is 6.46. The van der Waals surface area contributed by atoms with Gasteiger partial charge in [0.1, 0.15) is 11.5 Å². The summed E-state index contributed by atoms with van der Waals surface area (Å²) < 4.78 is 5.75. The van der Waals surface area contributed by atoms with E-state index in [4.69, 9.17) is 22.1 Å². The van der Waals surface area contributed by atoms with Crippen molar-refractivity contribution < 1.29 is 14.6 Å². The molecule has 1 amide bonds. The summed E-state index contributed by atoms with van der Waals surface area (Å²) in [5, 5.41) is 9.97. The molecule has 0 atom stereocenters. The van der Waals surface area contributed by atoms with Crippen molar-refractivity contribution in [3.05, 3.63) is 58.6 Å². The van der Waals surface area contributed by atoms with Crippen LogP contribution in [-0.2, 0) is 6.54 Å². The van der Waals surface area contributed by atoms with Gasteiger partial charge in [-0.05, 0) is 61.7 Å². The Morgan fingerprint density at radius 2 is 1.96 bits per heavy atom. The summed E-state index contributed by atoms with van der Waals surface area (Å²) in [6, 6.07) is 12.3. The maximum atomic E-state index is 13.2. The van der Waals surface area contributed by atoms with E-state index in [1.54, 1.807) is 30.3 Å². The average molecular weight is 375 g/mol. The molecule has 5 nitrogen and oxygen atoms in total. The fourth-order valence-electron chi connectivity index (χ4n) is 2.76. The highest BCUT2D eigenvalue weighted by Crippen LogP contribution is 2.33. The van der Waals surface area contributed by atoms with Gasteiger partial charge in [-0.25, -0.2) is 0 Å². The first-order chi connectivity index (χ1) is 12.6. The van der Waals surface area contributed by atoms with Crippen molar-refractivity contribution in [3.8, 4) is 11.5 Å². The van der Waals surface area contributed by atoms with Crippen molar-refractivity contribution in [2.45, 2.75) is 31.8 Å². The molecular formula is C20H23ClN2O3. The van der Waals surface area contributed by atoms with Gasteiger partial charge < -0.3 is 20.5 Å². The lowest BCUT2D eigenvalue weighted by Crippen LogP contribution is -2.33. The first-order valence-corrected chi connectivity index (χ1v) is 9.17. The molecule has 0 spiro atoms. The van der Waals surface area contributed by atoms with Gasteiger partial charge in [0, 0.05) is 17.6 Å². The Labute approximate surface area is 158 Å². The average Bonchev–Trinajstić information content (AvgIpc) is 3.46. The Bertz CT molecular complexity index is 760. The monoisotopic (exact) mass is 374 g/mol. The predicted octanol–water partition coefficient (Wildman–Crippen LogP) is 3.58. The topological polar surface area (TPSA) is 75.8 Å². The van der Waals surface area contributed by atoms with Crippen LogP contribution in [0.1, 0.15) is 35.2 Å². The van der Waals surface area contributed by atoms with Gasteiger partial charge >= 0.3 is 0 Å². The summed E-state index contributed by atoms with van der Waals surface area (Å²) in [7, 11) is 0. The summed E-state index contributed by atoms with van der Waals surface area (Å²) in [5.74, 6) is 0.638. The lowest BCUT2D eigenvalue weighted by atomic mass is 10.1. The zero-order chi connectivity index (χ0) is 18.5. The van der Waals surface area contributed by atoms with Crippen molar-refractivity contribution >= 4 is 17.5 Å². The Morgan fingerprint density at radius 3 is 2.62 bits per heavy atom. The van der Waals surface area contributed by atoms with Crippen LogP contribution < -0.4 is 10.5 Å². The minimum Gasteiger partial charge on any atom is -0.508 e. The SMILES string of the molecule is NCCCOc1cc(Cl)ccc1C(=O)N(Cc1ccc(O)cc1)C1CC1. The van der Waals surface area contributed by atoms with Gasteiger partial charge in [-0.3, -0.25) is 4.79 Å². The van der Waals surface area contributed by atoms with Gasteiger partial charge in [-0.1, -0.05) is 23.7 Å². The van der Waals surface area contributed by atoms with Gasteiger partial charge in [0.2, 0.25) is 0 Å². The van der Waals surface area contributed by atoms with E-state index in [9.17, 15) is 9.90 Å². The van der Waals surface area contributed by atoms with Gasteiger partial charge in [-0.2, -0.15) is 0 Å². The molecule has 0 unspecified atom stereocenters. The molecule has 3 rings (SSSR count). The number of nitrogens with two attached hydrogens (primary N) is 1. The number of rotatable bonds is 8. The molecule has 2 aromatic carbocycles. The number of nitrogens with zero attached hydrogens (tertiary/aromatic N) is 1. The van der Waals surface area contributed by atoms with Crippen molar-refractivity contribution in [1.29, 1.82) is 0 Å². The molecule has 1 saturated carbocycles. The molecular weight excluding hydrogens is 352 g/mol. The summed E-state index contributed by atoms with van der Waals surface area (Å²) in [6.07, 6.45) is 2.71. The highest BCUT2D eigenvalue weighted by atomic mass is 35.5. The summed E-state index contributed by atoms with van der Waals surface area (Å²) >= 11 is 6.08. The number of benzene rings is 2. The van der Waals surface area contributed by atoms with Crippen LogP contribution in [0.15, 0.2) is 42.5 Å². The van der Waals surface area contributed by atoms with E-state index in [1.165, 1.54) is 0 Å². The molecule has 1 fully saturated rings. The highest BCUT2D eigenvalue weighted by molar-refractivity contribution is 6.30.